The van der Waals surface area contributed by atoms with Gasteiger partial charge >= 0.3 is 0 Å². The third-order valence-electron chi connectivity index (χ3n) is 4.86. The first kappa shape index (κ1) is 22.8. The van der Waals surface area contributed by atoms with Crippen LogP contribution in [-0.2, 0) is 14.8 Å². The highest BCUT2D eigenvalue weighted by molar-refractivity contribution is 7.89. The van der Waals surface area contributed by atoms with E-state index in [0.717, 1.165) is 0 Å². The standard InChI is InChI=1S/C21H19Cl2N3O5S/c22-17-9-16-8-14(13-31-20(16)19(23)11-17)12-24-25-21(27)15-2-1-3-18(10-15)32(28,29)26-4-6-30-7-5-26/h1-3,8-12H,4-7,13H2,(H,25,27)/b24-12+. The maximum Gasteiger partial charge on any atom is 0.271 e. The van der Waals surface area contributed by atoms with Crippen molar-refractivity contribution in [1.82, 2.24) is 9.73 Å². The Balaban J connectivity index is 1.45. The number of ether oxygens (including phenoxy) is 2. The van der Waals surface area contributed by atoms with Gasteiger partial charge in [-0.1, -0.05) is 29.3 Å². The van der Waals surface area contributed by atoms with E-state index in [1.165, 1.54) is 34.8 Å². The predicted octanol–water partition coefficient (Wildman–Crippen LogP) is 3.21. The second-order valence-electron chi connectivity index (χ2n) is 7.06. The van der Waals surface area contributed by atoms with Crippen molar-refractivity contribution in [3.63, 3.8) is 0 Å². The number of sulfonamides is 1. The van der Waals surface area contributed by atoms with E-state index in [2.05, 4.69) is 10.5 Å². The van der Waals surface area contributed by atoms with Crippen LogP contribution in [0.1, 0.15) is 15.9 Å². The summed E-state index contributed by atoms with van der Waals surface area (Å²) < 4.78 is 37.8. The molecule has 2 aliphatic heterocycles. The van der Waals surface area contributed by atoms with E-state index in [1.54, 1.807) is 12.1 Å². The van der Waals surface area contributed by atoms with Crippen molar-refractivity contribution in [1.29, 1.82) is 0 Å². The van der Waals surface area contributed by atoms with Gasteiger partial charge in [0.15, 0.2) is 0 Å². The number of carbonyl (C=O) groups excluding carboxylic acids is 1. The zero-order chi connectivity index (χ0) is 22.7. The highest BCUT2D eigenvalue weighted by Gasteiger charge is 2.26. The number of rotatable bonds is 5. The van der Waals surface area contributed by atoms with Crippen LogP contribution >= 0.6 is 23.2 Å². The number of fused-ring (bicyclic) bond motifs is 1. The third kappa shape index (κ3) is 4.97. The van der Waals surface area contributed by atoms with Crippen LogP contribution in [0.5, 0.6) is 5.75 Å². The molecule has 1 fully saturated rings. The van der Waals surface area contributed by atoms with Gasteiger partial charge < -0.3 is 9.47 Å². The number of halogens is 2. The molecule has 2 aliphatic rings. The van der Waals surface area contributed by atoms with Crippen molar-refractivity contribution in [2.45, 2.75) is 4.90 Å². The molecule has 2 heterocycles. The fourth-order valence-corrected chi connectivity index (χ4v) is 5.30. The van der Waals surface area contributed by atoms with E-state index in [4.69, 9.17) is 32.7 Å². The first-order valence-electron chi connectivity index (χ1n) is 9.68. The van der Waals surface area contributed by atoms with Crippen molar-refractivity contribution in [2.75, 3.05) is 32.9 Å². The molecular weight excluding hydrogens is 477 g/mol. The van der Waals surface area contributed by atoms with Crippen LogP contribution in [0.15, 0.2) is 52.0 Å². The molecule has 4 rings (SSSR count). The number of hydrogen-bond acceptors (Lipinski definition) is 6. The van der Waals surface area contributed by atoms with Crippen LogP contribution in [-0.4, -0.2) is 57.8 Å². The van der Waals surface area contributed by atoms with E-state index in [0.29, 0.717) is 40.1 Å². The van der Waals surface area contributed by atoms with E-state index in [-0.39, 0.29) is 30.2 Å². The summed E-state index contributed by atoms with van der Waals surface area (Å²) in [5, 5.41) is 4.85. The van der Waals surface area contributed by atoms with E-state index >= 15 is 0 Å². The first-order valence-corrected chi connectivity index (χ1v) is 11.9. The van der Waals surface area contributed by atoms with Gasteiger partial charge in [0.25, 0.3) is 5.91 Å². The minimum Gasteiger partial charge on any atom is -0.487 e. The molecule has 0 atom stereocenters. The highest BCUT2D eigenvalue weighted by atomic mass is 35.5. The van der Waals surface area contributed by atoms with Gasteiger partial charge in [-0.25, -0.2) is 13.8 Å². The molecule has 0 aromatic heterocycles. The van der Waals surface area contributed by atoms with Crippen LogP contribution in [0.3, 0.4) is 0 Å². The molecule has 2 aromatic carbocycles. The van der Waals surface area contributed by atoms with Crippen molar-refractivity contribution in [3.8, 4) is 5.75 Å². The monoisotopic (exact) mass is 495 g/mol. The number of amides is 1. The number of hydrogen-bond donors (Lipinski definition) is 1. The normalized spacial score (nSPS) is 16.9. The minimum atomic E-state index is -3.70. The Labute approximate surface area is 195 Å². The number of carbonyl (C=O) groups is 1. The van der Waals surface area contributed by atoms with E-state index in [9.17, 15) is 13.2 Å². The largest absolute Gasteiger partial charge is 0.487 e. The number of nitrogens with one attached hydrogen (secondary N) is 1. The summed E-state index contributed by atoms with van der Waals surface area (Å²) in [5.41, 5.74) is 3.98. The summed E-state index contributed by atoms with van der Waals surface area (Å²) >= 11 is 12.1. The molecule has 0 aliphatic carbocycles. The van der Waals surface area contributed by atoms with Crippen LogP contribution in [0, 0.1) is 0 Å². The summed E-state index contributed by atoms with van der Waals surface area (Å²) in [6, 6.07) is 9.15. The molecule has 2 aromatic rings. The molecule has 1 N–H and O–H groups in total. The summed E-state index contributed by atoms with van der Waals surface area (Å²) in [7, 11) is -3.70. The molecule has 8 nitrogen and oxygen atoms in total. The van der Waals surface area contributed by atoms with E-state index in [1.807, 2.05) is 6.08 Å². The van der Waals surface area contributed by atoms with Crippen LogP contribution < -0.4 is 10.2 Å². The Morgan fingerprint density at radius 3 is 2.72 bits per heavy atom. The van der Waals surface area contributed by atoms with Crippen molar-refractivity contribution >= 4 is 51.4 Å². The molecule has 168 valence electrons. The lowest BCUT2D eigenvalue weighted by Crippen LogP contribution is -2.40. The maximum absolute atomic E-state index is 12.8. The quantitative estimate of drug-likeness (QED) is 0.507. The lowest BCUT2D eigenvalue weighted by Gasteiger charge is -2.26. The second kappa shape index (κ2) is 9.60. The van der Waals surface area contributed by atoms with Gasteiger partial charge in [0.1, 0.15) is 12.4 Å². The molecular formula is C21H19Cl2N3O5S. The fourth-order valence-electron chi connectivity index (χ4n) is 3.28. The molecule has 0 spiro atoms. The molecule has 0 bridgehead atoms. The Kier molecular flexibility index (Phi) is 6.82. The van der Waals surface area contributed by atoms with Crippen molar-refractivity contribution in [3.05, 3.63) is 63.1 Å². The summed E-state index contributed by atoms with van der Waals surface area (Å²) in [5.74, 6) is -0.000334. The molecule has 0 saturated carbocycles. The van der Waals surface area contributed by atoms with Crippen LogP contribution in [0.4, 0.5) is 0 Å². The Morgan fingerprint density at radius 1 is 1.16 bits per heavy atom. The Bertz CT molecular complexity index is 1210. The van der Waals surface area contributed by atoms with Crippen molar-refractivity contribution < 1.29 is 22.7 Å². The van der Waals surface area contributed by atoms with Gasteiger partial charge in [-0.05, 0) is 36.4 Å². The van der Waals surface area contributed by atoms with Gasteiger partial charge in [0.2, 0.25) is 10.0 Å². The van der Waals surface area contributed by atoms with Gasteiger partial charge in [0, 0.05) is 34.8 Å². The number of nitrogens with zero attached hydrogens (tertiary/aromatic N) is 2. The van der Waals surface area contributed by atoms with Gasteiger partial charge in [0.05, 0.1) is 29.3 Å². The lowest BCUT2D eigenvalue weighted by atomic mass is 10.1. The Morgan fingerprint density at radius 2 is 1.94 bits per heavy atom. The summed E-state index contributed by atoms with van der Waals surface area (Å²) in [6.07, 6.45) is 3.26. The number of morpholine rings is 1. The highest BCUT2D eigenvalue weighted by Crippen LogP contribution is 2.36. The van der Waals surface area contributed by atoms with Crippen molar-refractivity contribution in [2.24, 2.45) is 5.10 Å². The molecule has 0 unspecified atom stereocenters. The van der Waals surface area contributed by atoms with Gasteiger partial charge in [-0.15, -0.1) is 0 Å². The zero-order valence-corrected chi connectivity index (χ0v) is 19.1. The first-order chi connectivity index (χ1) is 15.3. The lowest BCUT2D eigenvalue weighted by molar-refractivity contribution is 0.0730. The second-order valence-corrected chi connectivity index (χ2v) is 9.84. The van der Waals surface area contributed by atoms with Gasteiger partial charge in [-0.2, -0.15) is 9.41 Å². The third-order valence-corrected chi connectivity index (χ3v) is 7.26. The summed E-state index contributed by atoms with van der Waals surface area (Å²) in [4.78, 5) is 12.5. The average Bonchev–Trinajstić information content (AvgIpc) is 2.79. The molecule has 1 saturated heterocycles. The number of benzene rings is 2. The van der Waals surface area contributed by atoms with Crippen LogP contribution in [0.2, 0.25) is 10.0 Å². The predicted molar refractivity (Wildman–Crippen MR) is 122 cm³/mol. The fraction of sp³-hybridized carbons (Fsp3) is 0.238. The summed E-state index contributed by atoms with van der Waals surface area (Å²) in [6.45, 7) is 1.47. The number of hydrazone groups is 1. The molecule has 32 heavy (non-hydrogen) atoms. The van der Waals surface area contributed by atoms with Crippen LogP contribution in [0.25, 0.3) is 6.08 Å². The average molecular weight is 496 g/mol. The zero-order valence-electron chi connectivity index (χ0n) is 16.8. The van der Waals surface area contributed by atoms with Gasteiger partial charge in [-0.3, -0.25) is 4.79 Å². The SMILES string of the molecule is O=C(N/N=C/C1=Cc2cc(Cl)cc(Cl)c2OC1)c1cccc(S(=O)(=O)N2CCOCC2)c1. The molecule has 0 radical (unpaired) electrons. The van der Waals surface area contributed by atoms with E-state index < -0.39 is 15.9 Å². The topological polar surface area (TPSA) is 97.3 Å². The smallest absolute Gasteiger partial charge is 0.271 e. The maximum atomic E-state index is 12.8. The molecule has 11 heteroatoms. The molecule has 1 amide bonds. The minimum absolute atomic E-state index is 0.0461. The Hall–Kier alpha value is -2.43.